The minimum absolute atomic E-state index is 0.0675. The van der Waals surface area contributed by atoms with E-state index in [0.29, 0.717) is 5.52 Å². The van der Waals surface area contributed by atoms with Crippen molar-refractivity contribution in [2.75, 3.05) is 7.11 Å². The highest BCUT2D eigenvalue weighted by molar-refractivity contribution is 5.84. The smallest absolute Gasteiger partial charge is 0.271 e. The SMILES string of the molecule is COc1ccc2c(c1)CCn1c-2nc2cc([N+](=O)[O-])ccc21. The first-order chi connectivity index (χ1) is 10.7. The van der Waals surface area contributed by atoms with Gasteiger partial charge < -0.3 is 9.30 Å². The number of ether oxygens (including phenoxy) is 1. The lowest BCUT2D eigenvalue weighted by Gasteiger charge is -2.19. The summed E-state index contributed by atoms with van der Waals surface area (Å²) < 4.78 is 7.39. The van der Waals surface area contributed by atoms with Crippen LogP contribution in [-0.2, 0) is 13.0 Å². The van der Waals surface area contributed by atoms with Gasteiger partial charge in [0.1, 0.15) is 11.6 Å². The minimum Gasteiger partial charge on any atom is -0.497 e. The summed E-state index contributed by atoms with van der Waals surface area (Å²) in [6.45, 7) is 0.809. The van der Waals surface area contributed by atoms with Crippen molar-refractivity contribution in [2.24, 2.45) is 0 Å². The molecule has 0 unspecified atom stereocenters. The zero-order valence-corrected chi connectivity index (χ0v) is 11.9. The molecule has 0 saturated carbocycles. The van der Waals surface area contributed by atoms with E-state index >= 15 is 0 Å². The topological polar surface area (TPSA) is 70.2 Å². The number of nitro groups is 1. The third-order valence-corrected chi connectivity index (χ3v) is 4.10. The van der Waals surface area contributed by atoms with Gasteiger partial charge in [-0.2, -0.15) is 0 Å². The van der Waals surface area contributed by atoms with Gasteiger partial charge in [0.25, 0.3) is 5.69 Å². The second-order valence-electron chi connectivity index (χ2n) is 5.29. The number of rotatable bonds is 2. The van der Waals surface area contributed by atoms with Crippen LogP contribution < -0.4 is 4.74 Å². The summed E-state index contributed by atoms with van der Waals surface area (Å²) in [6, 6.07) is 10.8. The molecule has 110 valence electrons. The van der Waals surface area contributed by atoms with Gasteiger partial charge in [-0.3, -0.25) is 10.1 Å². The van der Waals surface area contributed by atoms with Gasteiger partial charge in [0, 0.05) is 24.2 Å². The molecule has 6 heteroatoms. The molecule has 0 atom stereocenters. The number of nitrogens with zero attached hydrogens (tertiary/aromatic N) is 3. The maximum Gasteiger partial charge on any atom is 0.271 e. The molecule has 1 aliphatic heterocycles. The standard InChI is InChI=1S/C16H13N3O3/c1-22-12-3-4-13-10(8-12)6-7-18-15-5-2-11(19(20)21)9-14(15)17-16(13)18/h2-5,8-9H,6-7H2,1H3. The van der Waals surface area contributed by atoms with Crippen LogP contribution in [0.15, 0.2) is 36.4 Å². The minimum atomic E-state index is -0.392. The zero-order chi connectivity index (χ0) is 15.3. The summed E-state index contributed by atoms with van der Waals surface area (Å²) >= 11 is 0. The molecule has 1 aromatic heterocycles. The number of non-ortho nitro benzene ring substituents is 1. The van der Waals surface area contributed by atoms with Gasteiger partial charge in [0.2, 0.25) is 0 Å². The monoisotopic (exact) mass is 295 g/mol. The van der Waals surface area contributed by atoms with Crippen LogP contribution >= 0.6 is 0 Å². The number of fused-ring (bicyclic) bond motifs is 5. The molecular formula is C16H13N3O3. The molecule has 22 heavy (non-hydrogen) atoms. The first-order valence-electron chi connectivity index (χ1n) is 6.99. The molecule has 2 aromatic carbocycles. The van der Waals surface area contributed by atoms with Crippen molar-refractivity contribution < 1.29 is 9.66 Å². The highest BCUT2D eigenvalue weighted by Crippen LogP contribution is 2.34. The Kier molecular flexibility index (Phi) is 2.66. The molecule has 0 aliphatic carbocycles. The molecule has 2 heterocycles. The van der Waals surface area contributed by atoms with E-state index in [1.807, 2.05) is 18.2 Å². The van der Waals surface area contributed by atoms with Gasteiger partial charge in [-0.15, -0.1) is 0 Å². The van der Waals surface area contributed by atoms with Gasteiger partial charge in [0.15, 0.2) is 0 Å². The normalized spacial score (nSPS) is 12.8. The average molecular weight is 295 g/mol. The number of aromatic nitrogens is 2. The van der Waals surface area contributed by atoms with Gasteiger partial charge in [-0.05, 0) is 36.2 Å². The van der Waals surface area contributed by atoms with E-state index in [-0.39, 0.29) is 5.69 Å². The van der Waals surface area contributed by atoms with Crippen LogP contribution in [0.1, 0.15) is 5.56 Å². The second kappa shape index (κ2) is 4.56. The Balaban J connectivity index is 1.93. The maximum atomic E-state index is 10.9. The molecule has 0 amide bonds. The van der Waals surface area contributed by atoms with Crippen molar-refractivity contribution in [3.05, 3.63) is 52.1 Å². The van der Waals surface area contributed by atoms with Crippen LogP contribution in [0.3, 0.4) is 0 Å². The zero-order valence-electron chi connectivity index (χ0n) is 11.9. The molecule has 4 rings (SSSR count). The summed E-state index contributed by atoms with van der Waals surface area (Å²) in [7, 11) is 1.65. The molecule has 0 radical (unpaired) electrons. The quantitative estimate of drug-likeness (QED) is 0.538. The predicted octanol–water partition coefficient (Wildman–Crippen LogP) is 3.18. The average Bonchev–Trinajstić information content (AvgIpc) is 2.92. The van der Waals surface area contributed by atoms with Crippen LogP contribution in [0.5, 0.6) is 5.75 Å². The molecule has 0 bridgehead atoms. The lowest BCUT2D eigenvalue weighted by molar-refractivity contribution is -0.384. The Hall–Kier alpha value is -2.89. The van der Waals surface area contributed by atoms with Crippen molar-refractivity contribution in [3.8, 4) is 17.1 Å². The van der Waals surface area contributed by atoms with Gasteiger partial charge in [-0.1, -0.05) is 0 Å². The number of hydrogen-bond acceptors (Lipinski definition) is 4. The Bertz CT molecular complexity index is 914. The Morgan fingerprint density at radius 1 is 1.27 bits per heavy atom. The molecule has 0 N–H and O–H groups in total. The van der Waals surface area contributed by atoms with Crippen LogP contribution in [0.2, 0.25) is 0 Å². The lowest BCUT2D eigenvalue weighted by Crippen LogP contribution is -2.11. The van der Waals surface area contributed by atoms with Crippen molar-refractivity contribution in [2.45, 2.75) is 13.0 Å². The molecule has 3 aromatic rings. The third-order valence-electron chi connectivity index (χ3n) is 4.10. The fourth-order valence-corrected chi connectivity index (χ4v) is 3.02. The van der Waals surface area contributed by atoms with Crippen LogP contribution in [0.4, 0.5) is 5.69 Å². The first kappa shape index (κ1) is 12.8. The highest BCUT2D eigenvalue weighted by Gasteiger charge is 2.21. The molecule has 6 nitrogen and oxygen atoms in total. The molecular weight excluding hydrogens is 282 g/mol. The summed E-state index contributed by atoms with van der Waals surface area (Å²) in [4.78, 5) is 15.1. The van der Waals surface area contributed by atoms with E-state index in [2.05, 4.69) is 9.55 Å². The third kappa shape index (κ3) is 1.77. The van der Waals surface area contributed by atoms with Crippen LogP contribution in [0, 0.1) is 10.1 Å². The van der Waals surface area contributed by atoms with Gasteiger partial charge >= 0.3 is 0 Å². The highest BCUT2D eigenvalue weighted by atomic mass is 16.6. The maximum absolute atomic E-state index is 10.9. The Morgan fingerprint density at radius 3 is 2.91 bits per heavy atom. The van der Waals surface area contributed by atoms with E-state index in [0.717, 1.165) is 35.6 Å². The summed E-state index contributed by atoms with van der Waals surface area (Å²) in [5, 5.41) is 10.9. The number of hydrogen-bond donors (Lipinski definition) is 0. The van der Waals surface area contributed by atoms with Crippen molar-refractivity contribution in [3.63, 3.8) is 0 Å². The summed E-state index contributed by atoms with van der Waals surface area (Å²) in [5.74, 6) is 1.69. The van der Waals surface area contributed by atoms with Crippen molar-refractivity contribution >= 4 is 16.7 Å². The fraction of sp³-hybridized carbons (Fsp3) is 0.188. The van der Waals surface area contributed by atoms with E-state index in [4.69, 9.17) is 4.74 Å². The lowest BCUT2D eigenvalue weighted by atomic mass is 10.0. The van der Waals surface area contributed by atoms with E-state index < -0.39 is 4.92 Å². The molecule has 0 fully saturated rings. The number of imidazole rings is 1. The van der Waals surface area contributed by atoms with Crippen molar-refractivity contribution in [1.82, 2.24) is 9.55 Å². The Labute approximate surface area is 126 Å². The van der Waals surface area contributed by atoms with Crippen LogP contribution in [0.25, 0.3) is 22.4 Å². The predicted molar refractivity (Wildman–Crippen MR) is 82.1 cm³/mol. The number of benzene rings is 2. The number of nitro benzene ring substituents is 1. The molecule has 0 saturated heterocycles. The first-order valence-corrected chi connectivity index (χ1v) is 6.99. The van der Waals surface area contributed by atoms with Crippen molar-refractivity contribution in [1.29, 1.82) is 0 Å². The molecule has 1 aliphatic rings. The largest absolute Gasteiger partial charge is 0.497 e. The van der Waals surface area contributed by atoms with Gasteiger partial charge in [-0.25, -0.2) is 4.98 Å². The van der Waals surface area contributed by atoms with Gasteiger partial charge in [0.05, 0.1) is 23.1 Å². The molecule has 0 spiro atoms. The summed E-state index contributed by atoms with van der Waals surface area (Å²) in [5.41, 5.74) is 3.91. The fourth-order valence-electron chi connectivity index (χ4n) is 3.02. The van der Waals surface area contributed by atoms with E-state index in [1.54, 1.807) is 13.2 Å². The van der Waals surface area contributed by atoms with E-state index in [9.17, 15) is 10.1 Å². The second-order valence-corrected chi connectivity index (χ2v) is 5.29. The number of methoxy groups -OCH3 is 1. The summed E-state index contributed by atoms with van der Waals surface area (Å²) in [6.07, 6.45) is 0.891. The number of aryl methyl sites for hydroxylation is 2. The Morgan fingerprint density at radius 2 is 2.14 bits per heavy atom. The van der Waals surface area contributed by atoms with E-state index in [1.165, 1.54) is 17.7 Å². The van der Waals surface area contributed by atoms with Crippen LogP contribution in [-0.4, -0.2) is 21.6 Å².